The minimum Gasteiger partial charge on any atom is -0.483 e. The first-order valence-corrected chi connectivity index (χ1v) is 9.20. The Bertz CT molecular complexity index is 852. The molecule has 2 aromatic carbocycles. The van der Waals surface area contributed by atoms with Crippen LogP contribution in [0.25, 0.3) is 0 Å². The molecule has 6 nitrogen and oxygen atoms in total. The summed E-state index contributed by atoms with van der Waals surface area (Å²) in [5, 5.41) is 11.9. The van der Waals surface area contributed by atoms with Gasteiger partial charge in [0.1, 0.15) is 5.75 Å². The summed E-state index contributed by atoms with van der Waals surface area (Å²) in [4.78, 5) is 12.1. The molecular formula is C19H20N4O2S. The van der Waals surface area contributed by atoms with Crippen LogP contribution in [0.15, 0.2) is 65.8 Å². The minimum atomic E-state index is -0.248. The molecule has 7 heteroatoms. The summed E-state index contributed by atoms with van der Waals surface area (Å²) in [5.74, 6) is 1.66. The van der Waals surface area contributed by atoms with Crippen molar-refractivity contribution in [2.45, 2.75) is 18.2 Å². The molecule has 1 atom stereocenters. The van der Waals surface area contributed by atoms with Crippen molar-refractivity contribution in [2.75, 3.05) is 11.1 Å². The van der Waals surface area contributed by atoms with E-state index in [2.05, 4.69) is 15.5 Å². The Morgan fingerprint density at radius 2 is 1.77 bits per heavy atom. The van der Waals surface area contributed by atoms with Crippen LogP contribution in [0.5, 0.6) is 5.75 Å². The lowest BCUT2D eigenvalue weighted by Gasteiger charge is -2.14. The fraction of sp³-hybridized carbons (Fsp3) is 0.211. The number of para-hydroxylation sites is 2. The van der Waals surface area contributed by atoms with E-state index in [1.165, 1.54) is 11.8 Å². The van der Waals surface area contributed by atoms with E-state index in [4.69, 9.17) is 4.74 Å². The number of nitrogens with one attached hydrogen (secondary N) is 1. The van der Waals surface area contributed by atoms with Crippen molar-refractivity contribution in [3.8, 4) is 5.75 Å². The van der Waals surface area contributed by atoms with Gasteiger partial charge in [0.15, 0.2) is 17.1 Å². The number of hydrogen-bond donors (Lipinski definition) is 1. The van der Waals surface area contributed by atoms with Crippen molar-refractivity contribution in [3.63, 3.8) is 0 Å². The van der Waals surface area contributed by atoms with Crippen molar-refractivity contribution in [1.29, 1.82) is 0 Å². The van der Waals surface area contributed by atoms with Crippen LogP contribution in [0, 0.1) is 0 Å². The fourth-order valence-corrected chi connectivity index (χ4v) is 3.13. The molecule has 134 valence electrons. The molecule has 0 aliphatic rings. The molecule has 0 radical (unpaired) electrons. The molecule has 0 spiro atoms. The van der Waals surface area contributed by atoms with Crippen LogP contribution in [-0.4, -0.2) is 26.4 Å². The van der Waals surface area contributed by atoms with Crippen LogP contribution < -0.4 is 10.1 Å². The van der Waals surface area contributed by atoms with Crippen molar-refractivity contribution in [3.05, 3.63) is 66.5 Å². The van der Waals surface area contributed by atoms with Gasteiger partial charge in [-0.05, 0) is 31.2 Å². The van der Waals surface area contributed by atoms with E-state index < -0.39 is 0 Å². The maximum Gasteiger partial charge on any atom is 0.234 e. The quantitative estimate of drug-likeness (QED) is 0.644. The van der Waals surface area contributed by atoms with Crippen LogP contribution in [0.4, 0.5) is 5.69 Å². The van der Waals surface area contributed by atoms with Crippen LogP contribution in [-0.2, 0) is 11.8 Å². The number of hydrogen-bond acceptors (Lipinski definition) is 5. The van der Waals surface area contributed by atoms with Crippen molar-refractivity contribution >= 4 is 23.4 Å². The van der Waals surface area contributed by atoms with Gasteiger partial charge in [0.25, 0.3) is 0 Å². The maximum atomic E-state index is 12.1. The molecule has 1 N–H and O–H groups in total. The Balaban J connectivity index is 1.57. The molecule has 26 heavy (non-hydrogen) atoms. The summed E-state index contributed by atoms with van der Waals surface area (Å²) in [6, 6.07) is 19.0. The molecule has 1 aromatic heterocycles. The second kappa shape index (κ2) is 8.53. The van der Waals surface area contributed by atoms with E-state index >= 15 is 0 Å². The van der Waals surface area contributed by atoms with E-state index in [1.807, 2.05) is 79.2 Å². The lowest BCUT2D eigenvalue weighted by Crippen LogP contribution is -2.14. The van der Waals surface area contributed by atoms with Crippen molar-refractivity contribution < 1.29 is 9.53 Å². The standard InChI is InChI=1S/C19H20N4O2S/c1-14(25-16-11-7-4-8-12-16)18-21-22-19(23(18)2)26-13-17(24)20-15-9-5-3-6-10-15/h3-12,14H,13H2,1-2H3,(H,20,24)/t14-/m0/s1. The molecule has 0 bridgehead atoms. The first-order chi connectivity index (χ1) is 12.6. The fourth-order valence-electron chi connectivity index (χ4n) is 2.41. The van der Waals surface area contributed by atoms with E-state index in [0.29, 0.717) is 11.0 Å². The summed E-state index contributed by atoms with van der Waals surface area (Å²) >= 11 is 1.34. The predicted octanol–water partition coefficient (Wildman–Crippen LogP) is 3.69. The molecule has 1 heterocycles. The number of benzene rings is 2. The van der Waals surface area contributed by atoms with Gasteiger partial charge in [0.2, 0.25) is 5.91 Å². The van der Waals surface area contributed by atoms with Crippen LogP contribution in [0.2, 0.25) is 0 Å². The number of rotatable bonds is 7. The van der Waals surface area contributed by atoms with E-state index in [-0.39, 0.29) is 17.8 Å². The summed E-state index contributed by atoms with van der Waals surface area (Å²) in [5.41, 5.74) is 0.779. The average molecular weight is 368 g/mol. The van der Waals surface area contributed by atoms with Gasteiger partial charge < -0.3 is 14.6 Å². The Hall–Kier alpha value is -2.80. The Labute approximate surface area is 156 Å². The van der Waals surface area contributed by atoms with Gasteiger partial charge in [-0.15, -0.1) is 10.2 Å². The van der Waals surface area contributed by atoms with Gasteiger partial charge >= 0.3 is 0 Å². The van der Waals surface area contributed by atoms with Crippen LogP contribution in [0.3, 0.4) is 0 Å². The lowest BCUT2D eigenvalue weighted by atomic mass is 10.3. The molecule has 0 saturated heterocycles. The Morgan fingerprint density at radius 1 is 1.12 bits per heavy atom. The number of nitrogens with zero attached hydrogens (tertiary/aromatic N) is 3. The van der Waals surface area contributed by atoms with Gasteiger partial charge in [-0.25, -0.2) is 0 Å². The smallest absolute Gasteiger partial charge is 0.234 e. The molecule has 3 rings (SSSR count). The summed E-state index contributed by atoms with van der Waals surface area (Å²) in [6.45, 7) is 1.92. The van der Waals surface area contributed by atoms with Gasteiger partial charge in [0, 0.05) is 12.7 Å². The third-order valence-corrected chi connectivity index (χ3v) is 4.70. The normalized spacial score (nSPS) is 11.8. The van der Waals surface area contributed by atoms with Crippen LogP contribution >= 0.6 is 11.8 Å². The zero-order valence-corrected chi connectivity index (χ0v) is 15.4. The van der Waals surface area contributed by atoms with Gasteiger partial charge in [-0.2, -0.15) is 0 Å². The van der Waals surface area contributed by atoms with Crippen LogP contribution in [0.1, 0.15) is 18.9 Å². The number of aromatic nitrogens is 3. The van der Waals surface area contributed by atoms with E-state index in [9.17, 15) is 4.79 Å². The third-order valence-electron chi connectivity index (χ3n) is 3.68. The Morgan fingerprint density at radius 3 is 2.46 bits per heavy atom. The molecule has 0 saturated carbocycles. The first kappa shape index (κ1) is 18.0. The first-order valence-electron chi connectivity index (χ1n) is 8.22. The van der Waals surface area contributed by atoms with Gasteiger partial charge in [0.05, 0.1) is 5.75 Å². The minimum absolute atomic E-state index is 0.0839. The molecular weight excluding hydrogens is 348 g/mol. The van der Waals surface area contributed by atoms with Crippen molar-refractivity contribution in [1.82, 2.24) is 14.8 Å². The Kier molecular flexibility index (Phi) is 5.91. The summed E-state index contributed by atoms with van der Waals surface area (Å²) in [6.07, 6.45) is -0.248. The SMILES string of the molecule is C[C@H](Oc1ccccc1)c1nnc(SCC(=O)Nc2ccccc2)n1C. The highest BCUT2D eigenvalue weighted by atomic mass is 32.2. The number of amides is 1. The molecule has 3 aromatic rings. The zero-order valence-electron chi connectivity index (χ0n) is 14.6. The lowest BCUT2D eigenvalue weighted by molar-refractivity contribution is -0.113. The molecule has 0 unspecified atom stereocenters. The largest absolute Gasteiger partial charge is 0.483 e. The molecule has 1 amide bonds. The second-order valence-electron chi connectivity index (χ2n) is 5.68. The third kappa shape index (κ3) is 4.64. The number of ether oxygens (including phenoxy) is 1. The second-order valence-corrected chi connectivity index (χ2v) is 6.62. The van der Waals surface area contributed by atoms with E-state index in [1.54, 1.807) is 0 Å². The summed E-state index contributed by atoms with van der Waals surface area (Å²) in [7, 11) is 1.87. The topological polar surface area (TPSA) is 69.0 Å². The molecule has 0 aliphatic carbocycles. The zero-order chi connectivity index (χ0) is 18.4. The summed E-state index contributed by atoms with van der Waals surface area (Å²) < 4.78 is 7.74. The van der Waals surface area contributed by atoms with Gasteiger partial charge in [-0.1, -0.05) is 48.2 Å². The van der Waals surface area contributed by atoms with Crippen molar-refractivity contribution in [2.24, 2.45) is 7.05 Å². The van der Waals surface area contributed by atoms with Gasteiger partial charge in [-0.3, -0.25) is 4.79 Å². The number of carbonyl (C=O) groups excluding carboxylic acids is 1. The highest BCUT2D eigenvalue weighted by Gasteiger charge is 2.18. The maximum absolute atomic E-state index is 12.1. The predicted molar refractivity (Wildman–Crippen MR) is 102 cm³/mol. The average Bonchev–Trinajstić information content (AvgIpc) is 3.02. The van der Waals surface area contributed by atoms with E-state index in [0.717, 1.165) is 11.4 Å². The molecule has 0 fully saturated rings. The highest BCUT2D eigenvalue weighted by molar-refractivity contribution is 7.99. The highest BCUT2D eigenvalue weighted by Crippen LogP contribution is 2.23. The monoisotopic (exact) mass is 368 g/mol. The number of anilines is 1. The number of thioether (sulfide) groups is 1. The number of carbonyl (C=O) groups is 1. The molecule has 0 aliphatic heterocycles.